The summed E-state index contributed by atoms with van der Waals surface area (Å²) in [6.45, 7) is 2.49. The molecule has 0 aliphatic heterocycles. The average molecular weight is 351 g/mol. The summed E-state index contributed by atoms with van der Waals surface area (Å²) in [6.07, 6.45) is -7.66. The lowest BCUT2D eigenvalue weighted by Gasteiger charge is -2.08. The van der Waals surface area contributed by atoms with E-state index in [-0.39, 0.29) is 11.4 Å². The minimum Gasteiger partial charge on any atom is -0.260 e. The van der Waals surface area contributed by atoms with Gasteiger partial charge in [-0.05, 0) is 24.3 Å². The Bertz CT molecular complexity index is 759. The number of nitrogens with zero attached hydrogens (tertiary/aromatic N) is 3. The van der Waals surface area contributed by atoms with E-state index in [2.05, 4.69) is 10.1 Å². The third-order valence-corrected chi connectivity index (χ3v) is 4.33. The standard InChI is InChI=1S/C15H15F6N3/c1-7(2)8-3-9(8)11-4-12-10(5-22-11)13(15(19,20)21)23-24(12)6-14(16,17)18/h4-5,7-9H,3,6H2,1-2H3/t8-,9+/m1/s1. The smallest absolute Gasteiger partial charge is 0.260 e. The molecular weight excluding hydrogens is 336 g/mol. The Kier molecular flexibility index (Phi) is 3.80. The molecule has 0 N–H and O–H groups in total. The van der Waals surface area contributed by atoms with Crippen LogP contribution in [0, 0.1) is 11.8 Å². The van der Waals surface area contributed by atoms with E-state index in [4.69, 9.17) is 0 Å². The molecular formula is C15H15F6N3. The number of fused-ring (bicyclic) bond motifs is 1. The summed E-state index contributed by atoms with van der Waals surface area (Å²) >= 11 is 0. The SMILES string of the molecule is CC(C)[C@H]1C[C@@H]1c1cc2c(cn1)c(C(F)(F)F)nn2CC(F)(F)F. The van der Waals surface area contributed by atoms with Crippen molar-refractivity contribution in [1.82, 2.24) is 14.8 Å². The summed E-state index contributed by atoms with van der Waals surface area (Å²) in [4.78, 5) is 4.05. The Morgan fingerprint density at radius 3 is 2.38 bits per heavy atom. The maximum absolute atomic E-state index is 13.0. The lowest BCUT2D eigenvalue weighted by atomic mass is 10.1. The van der Waals surface area contributed by atoms with Crippen LogP contribution >= 0.6 is 0 Å². The molecule has 132 valence electrons. The number of hydrogen-bond donors (Lipinski definition) is 0. The fourth-order valence-corrected chi connectivity index (χ4v) is 3.08. The molecule has 0 spiro atoms. The first kappa shape index (κ1) is 17.0. The molecule has 9 heteroatoms. The van der Waals surface area contributed by atoms with E-state index in [0.717, 1.165) is 12.6 Å². The van der Waals surface area contributed by atoms with Gasteiger partial charge in [0.1, 0.15) is 6.54 Å². The van der Waals surface area contributed by atoms with Gasteiger partial charge >= 0.3 is 12.4 Å². The zero-order chi connectivity index (χ0) is 17.9. The molecule has 2 atom stereocenters. The summed E-state index contributed by atoms with van der Waals surface area (Å²) in [5.74, 6) is 0.826. The van der Waals surface area contributed by atoms with E-state index in [1.807, 2.05) is 13.8 Å². The Labute approximate surface area is 133 Å². The molecule has 1 aliphatic rings. The molecule has 1 fully saturated rings. The molecule has 0 saturated heterocycles. The van der Waals surface area contributed by atoms with Crippen LogP contribution in [0.2, 0.25) is 0 Å². The molecule has 3 nitrogen and oxygen atoms in total. The van der Waals surface area contributed by atoms with Crippen molar-refractivity contribution >= 4 is 10.9 Å². The van der Waals surface area contributed by atoms with Crippen LogP contribution in [0.3, 0.4) is 0 Å². The Hall–Kier alpha value is -1.80. The van der Waals surface area contributed by atoms with Crippen LogP contribution in [0.5, 0.6) is 0 Å². The van der Waals surface area contributed by atoms with Crippen molar-refractivity contribution in [2.75, 3.05) is 0 Å². The summed E-state index contributed by atoms with van der Waals surface area (Å²) in [6, 6.07) is 1.32. The first-order valence-electron chi connectivity index (χ1n) is 7.48. The normalized spacial score (nSPS) is 21.7. The van der Waals surface area contributed by atoms with E-state index >= 15 is 0 Å². The van der Waals surface area contributed by atoms with Gasteiger partial charge in [0.2, 0.25) is 0 Å². The molecule has 0 amide bonds. The molecule has 0 radical (unpaired) electrons. The number of pyridine rings is 1. The van der Waals surface area contributed by atoms with Crippen molar-refractivity contribution in [3.8, 4) is 0 Å². The highest BCUT2D eigenvalue weighted by Gasteiger charge is 2.43. The molecule has 1 saturated carbocycles. The topological polar surface area (TPSA) is 30.7 Å². The number of halogens is 6. The van der Waals surface area contributed by atoms with Crippen molar-refractivity contribution < 1.29 is 26.3 Å². The summed E-state index contributed by atoms with van der Waals surface area (Å²) in [5.41, 5.74) is -0.991. The van der Waals surface area contributed by atoms with Gasteiger partial charge in [-0.3, -0.25) is 9.67 Å². The largest absolute Gasteiger partial charge is 0.435 e. The highest BCUT2D eigenvalue weighted by atomic mass is 19.4. The highest BCUT2D eigenvalue weighted by molar-refractivity contribution is 5.82. The predicted molar refractivity (Wildman–Crippen MR) is 74.3 cm³/mol. The van der Waals surface area contributed by atoms with Crippen LogP contribution in [-0.2, 0) is 12.7 Å². The van der Waals surface area contributed by atoms with E-state index in [1.165, 1.54) is 6.07 Å². The van der Waals surface area contributed by atoms with Gasteiger partial charge < -0.3 is 0 Å². The van der Waals surface area contributed by atoms with Crippen LogP contribution in [0.1, 0.15) is 37.6 Å². The first-order chi connectivity index (χ1) is 11.0. The second kappa shape index (κ2) is 5.35. The van der Waals surface area contributed by atoms with E-state index in [1.54, 1.807) is 0 Å². The van der Waals surface area contributed by atoms with E-state index in [9.17, 15) is 26.3 Å². The lowest BCUT2D eigenvalue weighted by Crippen LogP contribution is -2.19. The maximum Gasteiger partial charge on any atom is 0.435 e. The summed E-state index contributed by atoms with van der Waals surface area (Å²) in [5, 5.41) is 2.75. The van der Waals surface area contributed by atoms with Crippen LogP contribution in [0.4, 0.5) is 26.3 Å². The van der Waals surface area contributed by atoms with Gasteiger partial charge in [0.05, 0.1) is 10.9 Å². The Morgan fingerprint density at radius 2 is 1.88 bits per heavy atom. The minimum atomic E-state index is -4.83. The van der Waals surface area contributed by atoms with Crippen LogP contribution < -0.4 is 0 Å². The highest BCUT2D eigenvalue weighted by Crippen LogP contribution is 2.51. The monoisotopic (exact) mass is 351 g/mol. The van der Waals surface area contributed by atoms with Gasteiger partial charge in [0.25, 0.3) is 0 Å². The number of aromatic nitrogens is 3. The molecule has 2 aromatic rings. The van der Waals surface area contributed by atoms with Crippen molar-refractivity contribution in [3.63, 3.8) is 0 Å². The van der Waals surface area contributed by atoms with E-state index in [0.29, 0.717) is 22.2 Å². The molecule has 2 aromatic heterocycles. The van der Waals surface area contributed by atoms with Crippen molar-refractivity contribution in [2.24, 2.45) is 11.8 Å². The molecule has 0 unspecified atom stereocenters. The van der Waals surface area contributed by atoms with E-state index < -0.39 is 30.0 Å². The molecule has 0 aromatic carbocycles. The van der Waals surface area contributed by atoms with Crippen LogP contribution in [0.15, 0.2) is 12.3 Å². The fourth-order valence-electron chi connectivity index (χ4n) is 3.08. The van der Waals surface area contributed by atoms with Gasteiger partial charge in [-0.2, -0.15) is 31.4 Å². The van der Waals surface area contributed by atoms with Gasteiger partial charge in [-0.15, -0.1) is 0 Å². The second-order valence-electron chi connectivity index (χ2n) is 6.50. The number of alkyl halides is 6. The fraction of sp³-hybridized carbons (Fsp3) is 0.600. The molecule has 2 heterocycles. The van der Waals surface area contributed by atoms with Crippen molar-refractivity contribution in [3.05, 3.63) is 23.7 Å². The molecule has 24 heavy (non-hydrogen) atoms. The summed E-state index contributed by atoms with van der Waals surface area (Å²) < 4.78 is 77.4. The minimum absolute atomic E-state index is 0.0815. The molecule has 0 bridgehead atoms. The van der Waals surface area contributed by atoms with Gasteiger partial charge in [0.15, 0.2) is 5.69 Å². The van der Waals surface area contributed by atoms with Crippen molar-refractivity contribution in [2.45, 2.75) is 45.1 Å². The predicted octanol–water partition coefficient (Wildman–Crippen LogP) is 4.77. The number of rotatable bonds is 3. The zero-order valence-electron chi connectivity index (χ0n) is 12.9. The van der Waals surface area contributed by atoms with Gasteiger partial charge in [0, 0.05) is 17.8 Å². The van der Waals surface area contributed by atoms with Gasteiger partial charge in [-0.1, -0.05) is 13.8 Å². The maximum atomic E-state index is 13.0. The second-order valence-corrected chi connectivity index (χ2v) is 6.50. The number of hydrogen-bond acceptors (Lipinski definition) is 2. The van der Waals surface area contributed by atoms with Crippen LogP contribution in [-0.4, -0.2) is 20.9 Å². The summed E-state index contributed by atoms with van der Waals surface area (Å²) in [7, 11) is 0. The third kappa shape index (κ3) is 3.21. The molecule has 1 aliphatic carbocycles. The Balaban J connectivity index is 2.08. The first-order valence-corrected chi connectivity index (χ1v) is 7.48. The van der Waals surface area contributed by atoms with Crippen LogP contribution in [0.25, 0.3) is 10.9 Å². The molecule has 3 rings (SSSR count). The van der Waals surface area contributed by atoms with Gasteiger partial charge in [-0.25, -0.2) is 0 Å². The quantitative estimate of drug-likeness (QED) is 0.746. The van der Waals surface area contributed by atoms with Crippen molar-refractivity contribution in [1.29, 1.82) is 0 Å². The average Bonchev–Trinajstić information content (AvgIpc) is 3.14. The zero-order valence-corrected chi connectivity index (χ0v) is 12.9. The Morgan fingerprint density at radius 1 is 1.21 bits per heavy atom. The lowest BCUT2D eigenvalue weighted by molar-refractivity contribution is -0.148. The third-order valence-electron chi connectivity index (χ3n) is 4.33.